The number of rotatable bonds is 4. The van der Waals surface area contributed by atoms with Crippen molar-refractivity contribution in [2.75, 3.05) is 11.9 Å². The minimum Gasteiger partial charge on any atom is -0.384 e. The van der Waals surface area contributed by atoms with E-state index in [0.717, 1.165) is 17.2 Å². The lowest BCUT2D eigenvalue weighted by atomic mass is 10.2. The molecule has 1 atom stereocenters. The highest BCUT2D eigenvalue weighted by molar-refractivity contribution is 7.09. The normalized spacial score (nSPS) is 11.8. The van der Waals surface area contributed by atoms with Crippen molar-refractivity contribution in [3.05, 3.63) is 46.4 Å². The van der Waals surface area contributed by atoms with Gasteiger partial charge in [-0.3, -0.25) is 0 Å². The molecule has 4 heteroatoms. The Hall–Kier alpha value is -1.86. The first kappa shape index (κ1) is 11.6. The molecule has 2 aromatic rings. The zero-order chi connectivity index (χ0) is 12.1. The van der Waals surface area contributed by atoms with Gasteiger partial charge in [0.05, 0.1) is 16.6 Å². The highest BCUT2D eigenvalue weighted by Crippen LogP contribution is 2.18. The predicted octanol–water partition coefficient (Wildman–Crippen LogP) is 3.23. The highest BCUT2D eigenvalue weighted by Gasteiger charge is 2.07. The second-order valence-electron chi connectivity index (χ2n) is 3.84. The van der Waals surface area contributed by atoms with E-state index in [1.807, 2.05) is 35.8 Å². The molecule has 1 aromatic carbocycles. The molecule has 0 saturated heterocycles. The Labute approximate surface area is 105 Å². The first-order valence-corrected chi connectivity index (χ1v) is 6.31. The van der Waals surface area contributed by atoms with Gasteiger partial charge in [-0.1, -0.05) is 6.92 Å². The molecule has 0 saturated carbocycles. The van der Waals surface area contributed by atoms with Crippen molar-refractivity contribution in [2.45, 2.75) is 12.8 Å². The van der Waals surface area contributed by atoms with Crippen LogP contribution in [0.15, 0.2) is 35.8 Å². The zero-order valence-electron chi connectivity index (χ0n) is 9.55. The molecule has 0 aliphatic carbocycles. The molecule has 0 bridgehead atoms. The standard InChI is InChI=1S/C13H13N3S/c1-10(13-15-6-7-17-13)9-16-12-4-2-11(8-14)3-5-12/h2-7,10,16H,9H2,1H3/t10-/m0/s1. The monoisotopic (exact) mass is 243 g/mol. The first-order valence-electron chi connectivity index (χ1n) is 5.43. The molecule has 1 aromatic heterocycles. The van der Waals surface area contributed by atoms with E-state index in [-0.39, 0.29) is 0 Å². The van der Waals surface area contributed by atoms with Crippen molar-refractivity contribution in [1.29, 1.82) is 5.26 Å². The van der Waals surface area contributed by atoms with Crippen molar-refractivity contribution in [1.82, 2.24) is 4.98 Å². The lowest BCUT2D eigenvalue weighted by Gasteiger charge is -2.11. The van der Waals surface area contributed by atoms with Crippen molar-refractivity contribution in [3.8, 4) is 6.07 Å². The van der Waals surface area contributed by atoms with Crippen LogP contribution in [-0.4, -0.2) is 11.5 Å². The number of aromatic nitrogens is 1. The Bertz CT molecular complexity index is 496. The lowest BCUT2D eigenvalue weighted by Crippen LogP contribution is -2.09. The summed E-state index contributed by atoms with van der Waals surface area (Å²) in [5.74, 6) is 0.394. The van der Waals surface area contributed by atoms with E-state index in [2.05, 4.69) is 23.3 Å². The van der Waals surface area contributed by atoms with Gasteiger partial charge in [-0.05, 0) is 24.3 Å². The third kappa shape index (κ3) is 3.05. The van der Waals surface area contributed by atoms with Gasteiger partial charge in [0, 0.05) is 29.7 Å². The smallest absolute Gasteiger partial charge is 0.0991 e. The van der Waals surface area contributed by atoms with E-state index in [1.165, 1.54) is 0 Å². The second kappa shape index (κ2) is 5.46. The molecule has 0 fully saturated rings. The molecule has 86 valence electrons. The number of nitriles is 1. The van der Waals surface area contributed by atoms with E-state index >= 15 is 0 Å². The Morgan fingerprint density at radius 1 is 1.41 bits per heavy atom. The second-order valence-corrected chi connectivity index (χ2v) is 4.77. The number of hydrogen-bond donors (Lipinski definition) is 1. The van der Waals surface area contributed by atoms with Gasteiger partial charge < -0.3 is 5.32 Å². The molecule has 1 heterocycles. The largest absolute Gasteiger partial charge is 0.384 e. The number of hydrogen-bond acceptors (Lipinski definition) is 4. The van der Waals surface area contributed by atoms with E-state index in [1.54, 1.807) is 11.3 Å². The van der Waals surface area contributed by atoms with E-state index in [0.29, 0.717) is 11.5 Å². The van der Waals surface area contributed by atoms with Gasteiger partial charge in [0.15, 0.2) is 0 Å². The van der Waals surface area contributed by atoms with Crippen LogP contribution < -0.4 is 5.32 Å². The maximum atomic E-state index is 8.69. The van der Waals surface area contributed by atoms with Crippen LogP contribution in [0.4, 0.5) is 5.69 Å². The third-order valence-electron chi connectivity index (χ3n) is 2.50. The summed E-state index contributed by atoms with van der Waals surface area (Å²) in [4.78, 5) is 4.29. The van der Waals surface area contributed by atoms with Crippen molar-refractivity contribution >= 4 is 17.0 Å². The average molecular weight is 243 g/mol. The maximum Gasteiger partial charge on any atom is 0.0991 e. The number of anilines is 1. The van der Waals surface area contributed by atoms with Gasteiger partial charge in [0.25, 0.3) is 0 Å². The summed E-state index contributed by atoms with van der Waals surface area (Å²) >= 11 is 1.68. The Kier molecular flexibility index (Phi) is 3.73. The van der Waals surface area contributed by atoms with Crippen LogP contribution >= 0.6 is 11.3 Å². The number of benzene rings is 1. The van der Waals surface area contributed by atoms with Gasteiger partial charge >= 0.3 is 0 Å². The summed E-state index contributed by atoms with van der Waals surface area (Å²) < 4.78 is 0. The predicted molar refractivity (Wildman–Crippen MR) is 70.2 cm³/mol. The molecule has 17 heavy (non-hydrogen) atoms. The van der Waals surface area contributed by atoms with Crippen molar-refractivity contribution < 1.29 is 0 Å². The number of nitrogens with one attached hydrogen (secondary N) is 1. The highest BCUT2D eigenvalue weighted by atomic mass is 32.1. The fourth-order valence-electron chi connectivity index (χ4n) is 1.50. The number of nitrogens with zero attached hydrogens (tertiary/aromatic N) is 2. The molecule has 0 radical (unpaired) electrons. The van der Waals surface area contributed by atoms with Crippen LogP contribution in [0.1, 0.15) is 23.4 Å². The zero-order valence-corrected chi connectivity index (χ0v) is 10.4. The third-order valence-corrected chi connectivity index (χ3v) is 3.51. The fraction of sp³-hybridized carbons (Fsp3) is 0.231. The molecule has 1 N–H and O–H groups in total. The van der Waals surface area contributed by atoms with Gasteiger partial charge in [-0.15, -0.1) is 11.3 Å². The molecule has 0 amide bonds. The Morgan fingerprint density at radius 3 is 2.76 bits per heavy atom. The van der Waals surface area contributed by atoms with Gasteiger partial charge in [-0.2, -0.15) is 5.26 Å². The molecule has 0 unspecified atom stereocenters. The molecule has 2 rings (SSSR count). The average Bonchev–Trinajstić information content (AvgIpc) is 2.90. The van der Waals surface area contributed by atoms with Crippen LogP contribution in [-0.2, 0) is 0 Å². The van der Waals surface area contributed by atoms with E-state index in [9.17, 15) is 0 Å². The molecule has 0 spiro atoms. The summed E-state index contributed by atoms with van der Waals surface area (Å²) in [5, 5.41) is 15.2. The summed E-state index contributed by atoms with van der Waals surface area (Å²) in [7, 11) is 0. The topological polar surface area (TPSA) is 48.7 Å². The Morgan fingerprint density at radius 2 is 2.18 bits per heavy atom. The van der Waals surface area contributed by atoms with Crippen LogP contribution in [0.3, 0.4) is 0 Å². The number of thiazole rings is 1. The van der Waals surface area contributed by atoms with Crippen LogP contribution in [0.2, 0.25) is 0 Å². The van der Waals surface area contributed by atoms with Gasteiger partial charge in [-0.25, -0.2) is 4.98 Å². The lowest BCUT2D eigenvalue weighted by molar-refractivity contribution is 0.795. The molecular formula is C13H13N3S. The minimum absolute atomic E-state index is 0.394. The summed E-state index contributed by atoms with van der Waals surface area (Å²) in [6.45, 7) is 2.99. The Balaban J connectivity index is 1.91. The van der Waals surface area contributed by atoms with Crippen molar-refractivity contribution in [3.63, 3.8) is 0 Å². The van der Waals surface area contributed by atoms with E-state index < -0.39 is 0 Å². The van der Waals surface area contributed by atoms with Crippen molar-refractivity contribution in [2.24, 2.45) is 0 Å². The van der Waals surface area contributed by atoms with E-state index in [4.69, 9.17) is 5.26 Å². The van der Waals surface area contributed by atoms with Crippen LogP contribution in [0, 0.1) is 11.3 Å². The summed E-state index contributed by atoms with van der Waals surface area (Å²) in [6, 6.07) is 9.58. The quantitative estimate of drug-likeness (QED) is 0.896. The molecular weight excluding hydrogens is 230 g/mol. The van der Waals surface area contributed by atoms with Crippen LogP contribution in [0.25, 0.3) is 0 Å². The first-order chi connectivity index (χ1) is 8.29. The van der Waals surface area contributed by atoms with Crippen LogP contribution in [0.5, 0.6) is 0 Å². The fourth-order valence-corrected chi connectivity index (χ4v) is 2.20. The summed E-state index contributed by atoms with van der Waals surface area (Å²) in [6.07, 6.45) is 1.83. The molecule has 3 nitrogen and oxygen atoms in total. The molecule has 0 aliphatic heterocycles. The maximum absolute atomic E-state index is 8.69. The minimum atomic E-state index is 0.394. The SMILES string of the molecule is C[C@@H](CNc1ccc(C#N)cc1)c1nccs1. The molecule has 0 aliphatic rings. The summed E-state index contributed by atoms with van der Waals surface area (Å²) in [5.41, 5.74) is 1.72. The van der Waals surface area contributed by atoms with Gasteiger partial charge in [0.2, 0.25) is 0 Å². The van der Waals surface area contributed by atoms with Gasteiger partial charge in [0.1, 0.15) is 0 Å².